The number of carbonyl (C=O) groups is 2. The molecule has 0 spiro atoms. The Morgan fingerprint density at radius 3 is 2.28 bits per heavy atom. The molecule has 0 radical (unpaired) electrons. The van der Waals surface area contributed by atoms with Crippen molar-refractivity contribution in [1.82, 2.24) is 10.2 Å². The maximum atomic E-state index is 13.4. The van der Waals surface area contributed by atoms with Crippen molar-refractivity contribution < 1.29 is 22.4 Å². The van der Waals surface area contributed by atoms with E-state index in [0.717, 1.165) is 11.8 Å². The van der Waals surface area contributed by atoms with E-state index in [9.17, 15) is 22.4 Å². The molecule has 0 unspecified atom stereocenters. The molecule has 1 atom stereocenters. The summed E-state index contributed by atoms with van der Waals surface area (Å²) in [6.07, 6.45) is 1.35. The van der Waals surface area contributed by atoms with E-state index in [1.165, 1.54) is 21.3 Å². The molecule has 0 aromatic heterocycles. The molecule has 36 heavy (non-hydrogen) atoms. The Labute approximate surface area is 218 Å². The smallest absolute Gasteiger partial charge is 0.242 e. The Kier molecular flexibility index (Phi) is 9.91. The number of benzene rings is 2. The number of hydrogen-bond acceptors (Lipinski definition) is 4. The van der Waals surface area contributed by atoms with E-state index in [1.807, 2.05) is 20.8 Å². The van der Waals surface area contributed by atoms with Crippen LogP contribution in [-0.2, 0) is 26.2 Å². The minimum Gasteiger partial charge on any atom is -0.350 e. The van der Waals surface area contributed by atoms with Gasteiger partial charge in [-0.05, 0) is 76.4 Å². The second-order valence-corrected chi connectivity index (χ2v) is 12.3. The normalized spacial score (nSPS) is 12.7. The summed E-state index contributed by atoms with van der Waals surface area (Å²) < 4.78 is 39.6. The van der Waals surface area contributed by atoms with Gasteiger partial charge in [0.25, 0.3) is 0 Å². The third kappa shape index (κ3) is 8.78. The van der Waals surface area contributed by atoms with Crippen molar-refractivity contribution in [3.05, 3.63) is 64.4 Å². The van der Waals surface area contributed by atoms with Gasteiger partial charge in [-0.25, -0.2) is 12.8 Å². The molecule has 0 aliphatic carbocycles. The van der Waals surface area contributed by atoms with E-state index in [2.05, 4.69) is 5.32 Å². The number of hydrogen-bond donors (Lipinski definition) is 1. The molecule has 2 aromatic carbocycles. The lowest BCUT2D eigenvalue weighted by atomic mass is 10.1. The van der Waals surface area contributed by atoms with E-state index >= 15 is 0 Å². The second-order valence-electron chi connectivity index (χ2n) is 9.93. The summed E-state index contributed by atoms with van der Waals surface area (Å²) in [6.45, 7) is 9.15. The van der Waals surface area contributed by atoms with Gasteiger partial charge >= 0.3 is 0 Å². The first-order chi connectivity index (χ1) is 16.6. The first kappa shape index (κ1) is 29.6. The Balaban J connectivity index is 2.22. The molecule has 0 bridgehead atoms. The molecule has 0 heterocycles. The molecule has 0 aliphatic rings. The number of amides is 2. The van der Waals surface area contributed by atoms with E-state index in [4.69, 9.17) is 11.6 Å². The van der Waals surface area contributed by atoms with E-state index in [-0.39, 0.29) is 37.7 Å². The maximum Gasteiger partial charge on any atom is 0.242 e. The van der Waals surface area contributed by atoms with E-state index < -0.39 is 27.4 Å². The molecule has 1 N–H and O–H groups in total. The molecule has 0 aliphatic heterocycles. The molecule has 0 saturated heterocycles. The van der Waals surface area contributed by atoms with Crippen LogP contribution in [0.25, 0.3) is 0 Å². The minimum absolute atomic E-state index is 0.0139. The third-order valence-electron chi connectivity index (χ3n) is 5.52. The van der Waals surface area contributed by atoms with Gasteiger partial charge in [0.2, 0.25) is 21.8 Å². The Bertz CT molecular complexity index is 1180. The monoisotopic (exact) mass is 539 g/mol. The molecular formula is C26H35ClFN3O4S. The van der Waals surface area contributed by atoms with Crippen LogP contribution in [0.4, 0.5) is 10.1 Å². The van der Waals surface area contributed by atoms with Crippen molar-refractivity contribution in [2.24, 2.45) is 0 Å². The van der Waals surface area contributed by atoms with Gasteiger partial charge < -0.3 is 10.2 Å². The van der Waals surface area contributed by atoms with E-state index in [1.54, 1.807) is 44.2 Å². The molecule has 2 amide bonds. The summed E-state index contributed by atoms with van der Waals surface area (Å²) in [5.41, 5.74) is 1.38. The Hall–Kier alpha value is -2.65. The number of nitrogens with one attached hydrogen (secondary N) is 1. The number of anilines is 1. The van der Waals surface area contributed by atoms with Crippen molar-refractivity contribution in [3.8, 4) is 0 Å². The van der Waals surface area contributed by atoms with E-state index in [0.29, 0.717) is 16.3 Å². The summed E-state index contributed by atoms with van der Waals surface area (Å²) in [5.74, 6) is -1.02. The zero-order chi connectivity index (χ0) is 27.3. The van der Waals surface area contributed by atoms with Gasteiger partial charge in [-0.1, -0.05) is 29.8 Å². The SMILES string of the molecule is Cc1ccc(Cl)cc1N(CCCC(=O)N(Cc1ccc(F)cc1)[C@H](C)C(=O)NC(C)(C)C)S(C)(=O)=O. The van der Waals surface area contributed by atoms with Crippen LogP contribution in [0.3, 0.4) is 0 Å². The molecule has 0 fully saturated rings. The maximum absolute atomic E-state index is 13.4. The van der Waals surface area contributed by atoms with Gasteiger partial charge in [0.15, 0.2) is 0 Å². The zero-order valence-corrected chi connectivity index (χ0v) is 23.2. The fourth-order valence-electron chi connectivity index (χ4n) is 3.68. The van der Waals surface area contributed by atoms with Crippen molar-refractivity contribution in [2.45, 2.75) is 65.6 Å². The number of sulfonamides is 1. The highest BCUT2D eigenvalue weighted by Crippen LogP contribution is 2.27. The van der Waals surface area contributed by atoms with Crippen LogP contribution in [-0.4, -0.2) is 49.5 Å². The van der Waals surface area contributed by atoms with Crippen LogP contribution in [0.1, 0.15) is 51.7 Å². The lowest BCUT2D eigenvalue weighted by Crippen LogP contribution is -2.52. The highest BCUT2D eigenvalue weighted by atomic mass is 35.5. The Morgan fingerprint density at radius 1 is 1.11 bits per heavy atom. The predicted molar refractivity (Wildman–Crippen MR) is 142 cm³/mol. The average molecular weight is 540 g/mol. The molecule has 7 nitrogen and oxygen atoms in total. The van der Waals surface area contributed by atoms with Gasteiger partial charge in [0.1, 0.15) is 11.9 Å². The lowest BCUT2D eigenvalue weighted by Gasteiger charge is -2.32. The fourth-order valence-corrected chi connectivity index (χ4v) is 4.86. The van der Waals surface area contributed by atoms with Crippen LogP contribution < -0.4 is 9.62 Å². The van der Waals surface area contributed by atoms with Crippen LogP contribution in [0.2, 0.25) is 5.02 Å². The first-order valence-electron chi connectivity index (χ1n) is 11.7. The van der Waals surface area contributed by atoms with Gasteiger partial charge in [-0.15, -0.1) is 0 Å². The number of rotatable bonds is 10. The quantitative estimate of drug-likeness (QED) is 0.475. The summed E-state index contributed by atoms with van der Waals surface area (Å²) >= 11 is 6.09. The Morgan fingerprint density at radius 2 is 1.72 bits per heavy atom. The zero-order valence-electron chi connectivity index (χ0n) is 21.6. The lowest BCUT2D eigenvalue weighted by molar-refractivity contribution is -0.141. The number of halogens is 2. The number of nitrogens with zero attached hydrogens (tertiary/aromatic N) is 2. The van der Waals surface area contributed by atoms with Gasteiger partial charge in [0, 0.05) is 30.1 Å². The molecule has 2 aromatic rings. The number of aryl methyl sites for hydroxylation is 1. The highest BCUT2D eigenvalue weighted by molar-refractivity contribution is 7.92. The van der Waals surface area contributed by atoms with Crippen molar-refractivity contribution in [3.63, 3.8) is 0 Å². The molecule has 10 heteroatoms. The van der Waals surface area contributed by atoms with Gasteiger partial charge in [0.05, 0.1) is 11.9 Å². The summed E-state index contributed by atoms with van der Waals surface area (Å²) in [7, 11) is -3.63. The topological polar surface area (TPSA) is 86.8 Å². The van der Waals surface area contributed by atoms with Crippen molar-refractivity contribution >= 4 is 39.1 Å². The van der Waals surface area contributed by atoms with Crippen LogP contribution >= 0.6 is 11.6 Å². The molecule has 2 rings (SSSR count). The molecule has 198 valence electrons. The van der Waals surface area contributed by atoms with Crippen molar-refractivity contribution in [2.75, 3.05) is 17.1 Å². The summed E-state index contributed by atoms with van der Waals surface area (Å²) in [6, 6.07) is 9.95. The number of carbonyl (C=O) groups excluding carboxylic acids is 2. The van der Waals surface area contributed by atoms with Gasteiger partial charge in [-0.2, -0.15) is 0 Å². The van der Waals surface area contributed by atoms with Gasteiger partial charge in [-0.3, -0.25) is 13.9 Å². The largest absolute Gasteiger partial charge is 0.350 e. The molecular weight excluding hydrogens is 505 g/mol. The second kappa shape index (κ2) is 12.1. The summed E-state index contributed by atoms with van der Waals surface area (Å²) in [5, 5.41) is 3.29. The summed E-state index contributed by atoms with van der Waals surface area (Å²) in [4.78, 5) is 27.6. The van der Waals surface area contributed by atoms with Crippen LogP contribution in [0.15, 0.2) is 42.5 Å². The van der Waals surface area contributed by atoms with Crippen molar-refractivity contribution in [1.29, 1.82) is 0 Å². The standard InChI is InChI=1S/C26H35ClFN3O4S/c1-18-9-12-21(27)16-23(18)31(36(6,34)35)15-7-8-24(32)30(17-20-10-13-22(28)14-11-20)19(2)25(33)29-26(3,4)5/h9-14,16,19H,7-8,15,17H2,1-6H3,(H,29,33)/t19-/m1/s1. The van der Waals surface area contributed by atoms with Crippen LogP contribution in [0.5, 0.6) is 0 Å². The fraction of sp³-hybridized carbons (Fsp3) is 0.462. The minimum atomic E-state index is -3.63. The molecule has 0 saturated carbocycles. The highest BCUT2D eigenvalue weighted by Gasteiger charge is 2.29. The predicted octanol–water partition coefficient (Wildman–Crippen LogP) is 4.67. The van der Waals surface area contributed by atoms with Crippen LogP contribution in [0, 0.1) is 12.7 Å². The third-order valence-corrected chi connectivity index (χ3v) is 6.94. The first-order valence-corrected chi connectivity index (χ1v) is 13.9. The average Bonchev–Trinajstić information content (AvgIpc) is 2.75.